The minimum Gasteiger partial charge on any atom is -0.465 e. The van der Waals surface area contributed by atoms with Crippen LogP contribution in [0.4, 0.5) is 9.18 Å². The number of likely N-dealkylation sites (tertiary alicyclic amines) is 1. The molecule has 2 N–H and O–H groups in total. The molecule has 0 radical (unpaired) electrons. The lowest BCUT2D eigenvalue weighted by Gasteiger charge is -2.37. The Balaban J connectivity index is 2.15. The zero-order valence-corrected chi connectivity index (χ0v) is 11.5. The maximum atomic E-state index is 13.8. The minimum atomic E-state index is -1.07. The molecule has 21 heavy (non-hydrogen) atoms. The van der Waals surface area contributed by atoms with Crippen molar-refractivity contribution in [2.45, 2.75) is 25.9 Å². The van der Waals surface area contributed by atoms with E-state index in [1.54, 1.807) is 13.8 Å². The van der Waals surface area contributed by atoms with Crippen molar-refractivity contribution < 1.29 is 23.9 Å². The van der Waals surface area contributed by atoms with Gasteiger partial charge in [-0.1, -0.05) is 0 Å². The fourth-order valence-electron chi connectivity index (χ4n) is 2.21. The molecule has 9 heteroatoms. The van der Waals surface area contributed by atoms with Crippen molar-refractivity contribution in [1.82, 2.24) is 19.8 Å². The fourth-order valence-corrected chi connectivity index (χ4v) is 2.21. The molecule has 0 bridgehead atoms. The van der Waals surface area contributed by atoms with E-state index in [-0.39, 0.29) is 36.7 Å². The van der Waals surface area contributed by atoms with E-state index in [1.807, 2.05) is 0 Å². The van der Waals surface area contributed by atoms with E-state index in [2.05, 4.69) is 10.3 Å². The Bertz CT molecular complexity index is 592. The summed E-state index contributed by atoms with van der Waals surface area (Å²) in [6.45, 7) is 3.69. The van der Waals surface area contributed by atoms with Gasteiger partial charge in [-0.3, -0.25) is 9.59 Å². The second-order valence-corrected chi connectivity index (χ2v) is 5.05. The van der Waals surface area contributed by atoms with Crippen LogP contribution in [0.3, 0.4) is 0 Å². The largest absolute Gasteiger partial charge is 0.465 e. The summed E-state index contributed by atoms with van der Waals surface area (Å²) in [5.41, 5.74) is -0.319. The summed E-state index contributed by atoms with van der Waals surface area (Å²) in [7, 11) is 0. The summed E-state index contributed by atoms with van der Waals surface area (Å²) in [5.74, 6) is -1.89. The van der Waals surface area contributed by atoms with Gasteiger partial charge < -0.3 is 19.9 Å². The lowest BCUT2D eigenvalue weighted by Crippen LogP contribution is -2.60. The number of rotatable bonds is 4. The van der Waals surface area contributed by atoms with Gasteiger partial charge in [0.1, 0.15) is 0 Å². The molecule has 1 saturated heterocycles. The highest BCUT2D eigenvalue weighted by molar-refractivity contribution is 5.94. The highest BCUT2D eigenvalue weighted by atomic mass is 19.1. The standard InChI is InChI=1S/C12H15FN4O4/c1-6(2)17-8(5-18)15-10(13)9(17)11(19)14-7-3-16(4-7)12(20)21/h5-7H,3-4H2,1-2H3,(H,14,19)(H,20,21). The molecule has 0 aromatic carbocycles. The molecule has 0 atom stereocenters. The van der Waals surface area contributed by atoms with Gasteiger partial charge in [0.25, 0.3) is 5.91 Å². The summed E-state index contributed by atoms with van der Waals surface area (Å²) in [6, 6.07) is -0.692. The van der Waals surface area contributed by atoms with Crippen molar-refractivity contribution >= 4 is 18.3 Å². The van der Waals surface area contributed by atoms with Gasteiger partial charge in [-0.05, 0) is 13.8 Å². The van der Waals surface area contributed by atoms with E-state index < -0.39 is 17.9 Å². The topological polar surface area (TPSA) is 105 Å². The second-order valence-electron chi connectivity index (χ2n) is 5.05. The van der Waals surface area contributed by atoms with Crippen molar-refractivity contribution in [1.29, 1.82) is 0 Å². The molecule has 0 unspecified atom stereocenters. The lowest BCUT2D eigenvalue weighted by atomic mass is 10.1. The van der Waals surface area contributed by atoms with Crippen LogP contribution >= 0.6 is 0 Å². The van der Waals surface area contributed by atoms with Gasteiger partial charge >= 0.3 is 6.09 Å². The van der Waals surface area contributed by atoms with Gasteiger partial charge in [0.05, 0.1) is 6.04 Å². The maximum absolute atomic E-state index is 13.8. The summed E-state index contributed by atoms with van der Waals surface area (Å²) < 4.78 is 15.0. The first-order chi connectivity index (χ1) is 9.85. The number of carbonyl (C=O) groups excluding carboxylic acids is 2. The highest BCUT2D eigenvalue weighted by Crippen LogP contribution is 2.17. The molecule has 1 fully saturated rings. The van der Waals surface area contributed by atoms with Crippen LogP contribution in [0.5, 0.6) is 0 Å². The normalized spacial score (nSPS) is 15.0. The van der Waals surface area contributed by atoms with Crippen LogP contribution in [0.2, 0.25) is 0 Å². The van der Waals surface area contributed by atoms with E-state index in [1.165, 1.54) is 4.57 Å². The molecule has 0 aliphatic carbocycles. The van der Waals surface area contributed by atoms with E-state index in [0.717, 1.165) is 4.90 Å². The van der Waals surface area contributed by atoms with E-state index in [9.17, 15) is 18.8 Å². The number of aromatic nitrogens is 2. The van der Waals surface area contributed by atoms with Crippen LogP contribution in [0, 0.1) is 5.95 Å². The SMILES string of the molecule is CC(C)n1c(C=O)nc(F)c1C(=O)NC1CN(C(=O)O)C1. The Morgan fingerprint density at radius 2 is 2.10 bits per heavy atom. The molecule has 0 saturated carbocycles. The second kappa shape index (κ2) is 5.51. The van der Waals surface area contributed by atoms with Gasteiger partial charge in [0, 0.05) is 19.1 Å². The number of nitrogens with zero attached hydrogens (tertiary/aromatic N) is 3. The number of aldehydes is 1. The molecule has 2 heterocycles. The predicted molar refractivity (Wildman–Crippen MR) is 68.8 cm³/mol. The molecule has 8 nitrogen and oxygen atoms in total. The molecule has 1 aliphatic rings. The Hall–Kier alpha value is -2.45. The van der Waals surface area contributed by atoms with Crippen LogP contribution in [-0.2, 0) is 0 Å². The van der Waals surface area contributed by atoms with Gasteiger partial charge in [0.15, 0.2) is 17.8 Å². The smallest absolute Gasteiger partial charge is 0.407 e. The van der Waals surface area contributed by atoms with Gasteiger partial charge in [-0.2, -0.15) is 9.37 Å². The summed E-state index contributed by atoms with van der Waals surface area (Å²) in [4.78, 5) is 38.2. The average Bonchev–Trinajstić information content (AvgIpc) is 2.69. The third-order valence-corrected chi connectivity index (χ3v) is 3.22. The van der Waals surface area contributed by atoms with Crippen LogP contribution in [-0.4, -0.2) is 57.0 Å². The number of nitrogens with one attached hydrogen (secondary N) is 1. The first-order valence-corrected chi connectivity index (χ1v) is 6.36. The molecular weight excluding hydrogens is 283 g/mol. The molecule has 1 aromatic rings. The van der Waals surface area contributed by atoms with E-state index >= 15 is 0 Å². The number of amides is 2. The fraction of sp³-hybridized carbons (Fsp3) is 0.500. The number of hydrogen-bond donors (Lipinski definition) is 2. The number of imidazole rings is 1. The predicted octanol–water partition coefficient (Wildman–Crippen LogP) is 0.508. The maximum Gasteiger partial charge on any atom is 0.407 e. The Morgan fingerprint density at radius 3 is 2.57 bits per heavy atom. The summed E-state index contributed by atoms with van der Waals surface area (Å²) in [6.07, 6.45) is -0.683. The first-order valence-electron chi connectivity index (χ1n) is 6.36. The summed E-state index contributed by atoms with van der Waals surface area (Å²) >= 11 is 0. The third-order valence-electron chi connectivity index (χ3n) is 3.22. The zero-order valence-electron chi connectivity index (χ0n) is 11.5. The van der Waals surface area contributed by atoms with Gasteiger partial charge in [0.2, 0.25) is 5.95 Å². The van der Waals surface area contributed by atoms with Crippen molar-refractivity contribution in [3.63, 3.8) is 0 Å². The highest BCUT2D eigenvalue weighted by Gasteiger charge is 2.33. The van der Waals surface area contributed by atoms with Crippen LogP contribution in [0.25, 0.3) is 0 Å². The molecular formula is C12H15FN4O4. The van der Waals surface area contributed by atoms with Crippen molar-refractivity contribution in [3.8, 4) is 0 Å². The number of halogens is 1. The van der Waals surface area contributed by atoms with Crippen LogP contribution < -0.4 is 5.32 Å². The molecule has 114 valence electrons. The van der Waals surface area contributed by atoms with Crippen LogP contribution in [0.15, 0.2) is 0 Å². The Morgan fingerprint density at radius 1 is 1.48 bits per heavy atom. The van der Waals surface area contributed by atoms with Crippen LogP contribution in [0.1, 0.15) is 41.0 Å². The van der Waals surface area contributed by atoms with Crippen molar-refractivity contribution in [2.24, 2.45) is 0 Å². The first kappa shape index (κ1) is 14.9. The van der Waals surface area contributed by atoms with Crippen molar-refractivity contribution in [2.75, 3.05) is 13.1 Å². The summed E-state index contributed by atoms with van der Waals surface area (Å²) in [5, 5.41) is 11.2. The van der Waals surface area contributed by atoms with Gasteiger partial charge in [-0.25, -0.2) is 4.79 Å². The Labute approximate surface area is 119 Å². The molecule has 0 spiro atoms. The number of carboxylic acid groups (broad SMARTS) is 1. The molecule has 1 aromatic heterocycles. The third kappa shape index (κ3) is 2.71. The quantitative estimate of drug-likeness (QED) is 0.788. The Kier molecular flexibility index (Phi) is 3.92. The van der Waals surface area contributed by atoms with E-state index in [4.69, 9.17) is 5.11 Å². The number of carbonyl (C=O) groups is 3. The van der Waals surface area contributed by atoms with Crippen molar-refractivity contribution in [3.05, 3.63) is 17.5 Å². The molecule has 2 amide bonds. The zero-order chi connectivity index (χ0) is 15.7. The van der Waals surface area contributed by atoms with E-state index in [0.29, 0.717) is 6.29 Å². The molecule has 1 aliphatic heterocycles. The lowest BCUT2D eigenvalue weighted by molar-refractivity contribution is 0.0756. The monoisotopic (exact) mass is 298 g/mol. The average molecular weight is 298 g/mol. The molecule has 2 rings (SSSR count). The number of hydrogen-bond acceptors (Lipinski definition) is 4. The minimum absolute atomic E-state index is 0.152. The van der Waals surface area contributed by atoms with Gasteiger partial charge in [-0.15, -0.1) is 0 Å².